The van der Waals surface area contributed by atoms with E-state index in [1.54, 1.807) is 13.0 Å². The van der Waals surface area contributed by atoms with Crippen molar-refractivity contribution in [3.05, 3.63) is 68.7 Å². The molecule has 0 radical (unpaired) electrons. The van der Waals surface area contributed by atoms with Gasteiger partial charge in [-0.3, -0.25) is 4.79 Å². The first-order valence-corrected chi connectivity index (χ1v) is 14.1. The lowest BCUT2D eigenvalue weighted by atomic mass is 9.77. The molecule has 0 spiro atoms. The first kappa shape index (κ1) is 29.0. The molecule has 4 atom stereocenters. The van der Waals surface area contributed by atoms with E-state index in [-0.39, 0.29) is 29.6 Å². The summed E-state index contributed by atoms with van der Waals surface area (Å²) in [4.78, 5) is 30.0. The van der Waals surface area contributed by atoms with E-state index in [2.05, 4.69) is 11.8 Å². The van der Waals surface area contributed by atoms with Crippen LogP contribution in [0.4, 0.5) is 0 Å². The Hall–Kier alpha value is -2.53. The molecule has 1 N–H and O–H groups in total. The van der Waals surface area contributed by atoms with Gasteiger partial charge in [0.2, 0.25) is 6.04 Å². The summed E-state index contributed by atoms with van der Waals surface area (Å²) in [7, 11) is 0. The molecule has 3 rings (SSSR count). The Morgan fingerprint density at radius 2 is 1.86 bits per heavy atom. The molecule has 0 amide bonds. The normalized spacial score (nSPS) is 21.5. The summed E-state index contributed by atoms with van der Waals surface area (Å²) in [5.41, 5.74) is 1.37. The topological polar surface area (TPSA) is 77.2 Å². The van der Waals surface area contributed by atoms with Gasteiger partial charge in [0.15, 0.2) is 0 Å². The first-order chi connectivity index (χ1) is 17.7. The lowest BCUT2D eigenvalue weighted by Gasteiger charge is -2.26. The quantitative estimate of drug-likeness (QED) is 0.188. The second-order valence-corrected chi connectivity index (χ2v) is 11.5. The van der Waals surface area contributed by atoms with Gasteiger partial charge in [-0.25, -0.2) is 11.4 Å². The maximum Gasteiger partial charge on any atom is 0.348 e. The van der Waals surface area contributed by atoms with Crippen LogP contribution in [-0.4, -0.2) is 42.2 Å². The molecule has 1 aromatic carbocycles. The molecule has 37 heavy (non-hydrogen) atoms. The monoisotopic (exact) mass is 525 g/mol. The number of hydrogen-bond donors (Lipinski definition) is 1. The SMILES string of the molecule is [C-]#[N+][C@@H]1C[C@@H](O)C(c2ccc(C(C)(C)C(=O)CCCCC)cc2)C1COCc1ccc(C(=O)OCC)s1. The van der Waals surface area contributed by atoms with Gasteiger partial charge in [-0.05, 0) is 50.5 Å². The van der Waals surface area contributed by atoms with Crippen molar-refractivity contribution in [3.8, 4) is 0 Å². The molecule has 0 aliphatic heterocycles. The molecule has 7 heteroatoms. The Morgan fingerprint density at radius 3 is 2.51 bits per heavy atom. The summed E-state index contributed by atoms with van der Waals surface area (Å²) >= 11 is 1.34. The third-order valence-electron chi connectivity index (χ3n) is 7.43. The van der Waals surface area contributed by atoms with Crippen LogP contribution in [0, 0.1) is 12.5 Å². The molecule has 2 aromatic rings. The number of aliphatic hydroxyl groups is 1. The van der Waals surface area contributed by atoms with Gasteiger partial charge in [-0.15, -0.1) is 11.3 Å². The molecule has 1 aliphatic carbocycles. The maximum atomic E-state index is 12.9. The van der Waals surface area contributed by atoms with E-state index < -0.39 is 11.5 Å². The number of carbonyl (C=O) groups excluding carboxylic acids is 2. The van der Waals surface area contributed by atoms with Crippen LogP contribution in [0.1, 0.15) is 91.4 Å². The van der Waals surface area contributed by atoms with Crippen molar-refractivity contribution in [1.82, 2.24) is 0 Å². The highest BCUT2D eigenvalue weighted by atomic mass is 32.1. The minimum absolute atomic E-state index is 0.147. The number of thiophene rings is 1. The van der Waals surface area contributed by atoms with Crippen molar-refractivity contribution in [2.24, 2.45) is 5.92 Å². The van der Waals surface area contributed by atoms with Crippen molar-refractivity contribution in [3.63, 3.8) is 0 Å². The lowest BCUT2D eigenvalue weighted by molar-refractivity contribution is -0.123. The van der Waals surface area contributed by atoms with Crippen LogP contribution in [0.2, 0.25) is 0 Å². The van der Waals surface area contributed by atoms with E-state index in [1.165, 1.54) is 11.3 Å². The van der Waals surface area contributed by atoms with Crippen LogP contribution in [0.5, 0.6) is 0 Å². The van der Waals surface area contributed by atoms with Crippen LogP contribution in [0.3, 0.4) is 0 Å². The van der Waals surface area contributed by atoms with Crippen molar-refractivity contribution in [2.45, 2.75) is 89.9 Å². The van der Waals surface area contributed by atoms with Crippen molar-refractivity contribution in [1.29, 1.82) is 0 Å². The molecular formula is C30H39NO5S. The van der Waals surface area contributed by atoms with Gasteiger partial charge in [0, 0.05) is 29.1 Å². The van der Waals surface area contributed by atoms with Crippen molar-refractivity contribution in [2.75, 3.05) is 13.2 Å². The molecule has 1 saturated carbocycles. The number of rotatable bonds is 13. The first-order valence-electron chi connectivity index (χ1n) is 13.2. The van der Waals surface area contributed by atoms with Crippen LogP contribution in [0.25, 0.3) is 4.85 Å². The van der Waals surface area contributed by atoms with Crippen LogP contribution >= 0.6 is 11.3 Å². The molecule has 1 fully saturated rings. The van der Waals surface area contributed by atoms with Crippen molar-refractivity contribution < 1.29 is 24.2 Å². The van der Waals surface area contributed by atoms with E-state index in [0.29, 0.717) is 37.5 Å². The highest BCUT2D eigenvalue weighted by Gasteiger charge is 2.47. The summed E-state index contributed by atoms with van der Waals surface area (Å²) in [6.07, 6.45) is 3.44. The Balaban J connectivity index is 1.68. The fraction of sp³-hybridized carbons (Fsp3) is 0.567. The van der Waals surface area contributed by atoms with Gasteiger partial charge >= 0.3 is 5.97 Å². The Bertz CT molecular complexity index is 1080. The fourth-order valence-electron chi connectivity index (χ4n) is 5.12. The van der Waals surface area contributed by atoms with E-state index in [0.717, 1.165) is 35.3 Å². The lowest BCUT2D eigenvalue weighted by Crippen LogP contribution is -2.29. The summed E-state index contributed by atoms with van der Waals surface area (Å²) in [5.74, 6) is -0.449. The number of Topliss-reactive ketones (excluding diaryl/α,β-unsaturated/α-hetero) is 1. The van der Waals surface area contributed by atoms with Gasteiger partial charge < -0.3 is 19.4 Å². The zero-order valence-corrected chi connectivity index (χ0v) is 23.2. The molecule has 1 aliphatic rings. The Kier molecular flexibility index (Phi) is 10.5. The number of ketones is 1. The Morgan fingerprint density at radius 1 is 1.14 bits per heavy atom. The van der Waals surface area contributed by atoms with Gasteiger partial charge in [0.05, 0.1) is 31.8 Å². The van der Waals surface area contributed by atoms with Gasteiger partial charge in [-0.2, -0.15) is 0 Å². The zero-order valence-electron chi connectivity index (χ0n) is 22.4. The number of benzene rings is 1. The third kappa shape index (κ3) is 7.07. The molecule has 6 nitrogen and oxygen atoms in total. The highest BCUT2D eigenvalue weighted by molar-refractivity contribution is 7.13. The number of esters is 1. The van der Waals surface area contributed by atoms with E-state index in [9.17, 15) is 14.7 Å². The van der Waals surface area contributed by atoms with Gasteiger partial charge in [0.1, 0.15) is 10.7 Å². The number of nitrogens with zero attached hydrogens (tertiary/aromatic N) is 1. The van der Waals surface area contributed by atoms with Crippen LogP contribution in [-0.2, 0) is 26.3 Å². The number of ether oxygens (including phenoxy) is 2. The summed E-state index contributed by atoms with van der Waals surface area (Å²) in [5, 5.41) is 10.9. The predicted octanol–water partition coefficient (Wildman–Crippen LogP) is 6.32. The zero-order chi connectivity index (χ0) is 27.0. The number of aliphatic hydroxyl groups excluding tert-OH is 1. The standard InChI is InChI=1S/C30H39NO5S/c1-6-8-9-10-27(33)30(3,4)21-13-11-20(12-14-21)28-23(24(31-5)17-25(28)32)19-35-18-22-15-16-26(37-22)29(34)36-7-2/h11-16,23-25,28,32H,6-10,17-19H2,1-4H3/t23?,24-,25-,28?/m1/s1. The highest BCUT2D eigenvalue weighted by Crippen LogP contribution is 2.42. The smallest absolute Gasteiger partial charge is 0.348 e. The molecule has 0 saturated heterocycles. The Labute approximate surface area is 224 Å². The predicted molar refractivity (Wildman–Crippen MR) is 146 cm³/mol. The van der Waals surface area contributed by atoms with E-state index in [1.807, 2.05) is 44.2 Å². The number of carbonyl (C=O) groups is 2. The summed E-state index contributed by atoms with van der Waals surface area (Å²) in [6.45, 7) is 16.5. The second kappa shape index (κ2) is 13.3. The fourth-order valence-corrected chi connectivity index (χ4v) is 5.96. The van der Waals surface area contributed by atoms with E-state index in [4.69, 9.17) is 16.0 Å². The number of unbranched alkanes of at least 4 members (excludes halogenated alkanes) is 2. The maximum absolute atomic E-state index is 12.9. The molecule has 2 unspecified atom stereocenters. The summed E-state index contributed by atoms with van der Waals surface area (Å²) in [6, 6.07) is 11.2. The van der Waals surface area contributed by atoms with Gasteiger partial charge in [-0.1, -0.05) is 44.0 Å². The van der Waals surface area contributed by atoms with Crippen molar-refractivity contribution >= 4 is 23.1 Å². The average molecular weight is 526 g/mol. The largest absolute Gasteiger partial charge is 0.462 e. The minimum atomic E-state index is -0.626. The van der Waals surface area contributed by atoms with Crippen LogP contribution in [0.15, 0.2) is 36.4 Å². The third-order valence-corrected chi connectivity index (χ3v) is 8.47. The molecule has 1 heterocycles. The second-order valence-electron chi connectivity index (χ2n) is 10.3. The van der Waals surface area contributed by atoms with Crippen LogP contribution < -0.4 is 0 Å². The summed E-state index contributed by atoms with van der Waals surface area (Å²) < 4.78 is 11.0. The molecular weight excluding hydrogens is 486 g/mol. The minimum Gasteiger partial charge on any atom is -0.462 e. The molecule has 1 aromatic heterocycles. The van der Waals surface area contributed by atoms with Gasteiger partial charge in [0.25, 0.3) is 0 Å². The van der Waals surface area contributed by atoms with E-state index >= 15 is 0 Å². The number of hydrogen-bond acceptors (Lipinski definition) is 6. The molecule has 0 bridgehead atoms. The average Bonchev–Trinajstić information content (AvgIpc) is 3.48. The molecule has 200 valence electrons.